The van der Waals surface area contributed by atoms with Crippen LogP contribution in [0.4, 0.5) is 16.2 Å². The molecule has 0 bridgehead atoms. The molecular weight excluding hydrogens is 422 g/mol. The van der Waals surface area contributed by atoms with E-state index in [4.69, 9.17) is 0 Å². The molecule has 0 unspecified atom stereocenters. The van der Waals surface area contributed by atoms with Crippen LogP contribution in [0.15, 0.2) is 84.0 Å². The number of nitrogens with one attached hydrogen (secondary N) is 2. The smallest absolute Gasteiger partial charge is 0.321 e. The summed E-state index contributed by atoms with van der Waals surface area (Å²) < 4.78 is 1.99. The molecule has 0 aliphatic carbocycles. The number of anilines is 2. The second-order valence-corrected chi connectivity index (χ2v) is 8.39. The highest BCUT2D eigenvalue weighted by Crippen LogP contribution is 2.28. The standard InChI is InChI=1S/C24H21N5O2S/c30-23(27-17-6-5-7-19(14-17)29-13-11-25-24(29)31)20-8-1-2-9-21(20)32-16-18-15-28-12-4-3-10-22(28)26-18/h1-10,12,14-15H,11,13,16H2,(H,25,31)(H,27,30). The van der Waals surface area contributed by atoms with Gasteiger partial charge < -0.3 is 15.0 Å². The molecule has 2 aromatic heterocycles. The molecular formula is C24H21N5O2S. The average Bonchev–Trinajstić information content (AvgIpc) is 3.43. The summed E-state index contributed by atoms with van der Waals surface area (Å²) >= 11 is 1.58. The van der Waals surface area contributed by atoms with Gasteiger partial charge in [0.2, 0.25) is 0 Å². The first kappa shape index (κ1) is 20.1. The molecule has 1 saturated heterocycles. The third kappa shape index (κ3) is 4.17. The Hall–Kier alpha value is -3.78. The van der Waals surface area contributed by atoms with E-state index in [-0.39, 0.29) is 11.9 Å². The number of rotatable bonds is 6. The van der Waals surface area contributed by atoms with Crippen molar-refractivity contribution >= 4 is 40.7 Å². The lowest BCUT2D eigenvalue weighted by molar-refractivity contribution is 0.102. The molecule has 3 amide bonds. The van der Waals surface area contributed by atoms with Crippen molar-refractivity contribution in [3.05, 3.63) is 90.4 Å². The molecule has 5 rings (SSSR count). The van der Waals surface area contributed by atoms with Crippen LogP contribution in [0.1, 0.15) is 16.1 Å². The third-order valence-electron chi connectivity index (χ3n) is 5.19. The minimum atomic E-state index is -0.189. The molecule has 7 nitrogen and oxygen atoms in total. The lowest BCUT2D eigenvalue weighted by Crippen LogP contribution is -2.27. The predicted octanol–water partition coefficient (Wildman–Crippen LogP) is 4.41. The Bertz CT molecular complexity index is 1270. The number of hydrogen-bond donors (Lipinski definition) is 2. The van der Waals surface area contributed by atoms with Crippen molar-refractivity contribution in [1.29, 1.82) is 0 Å². The van der Waals surface area contributed by atoms with Crippen molar-refractivity contribution in [1.82, 2.24) is 14.7 Å². The maximum Gasteiger partial charge on any atom is 0.321 e. The summed E-state index contributed by atoms with van der Waals surface area (Å²) in [5.74, 6) is 0.469. The molecule has 4 aromatic rings. The average molecular weight is 444 g/mol. The fraction of sp³-hybridized carbons (Fsp3) is 0.125. The van der Waals surface area contributed by atoms with Crippen LogP contribution < -0.4 is 15.5 Å². The molecule has 1 fully saturated rings. The van der Waals surface area contributed by atoms with Crippen LogP contribution in [-0.4, -0.2) is 34.4 Å². The lowest BCUT2D eigenvalue weighted by atomic mass is 10.2. The van der Waals surface area contributed by atoms with Gasteiger partial charge in [-0.15, -0.1) is 11.8 Å². The SMILES string of the molecule is O=C(Nc1cccc(N2CCNC2=O)c1)c1ccccc1SCc1cn2ccccc2n1. The monoisotopic (exact) mass is 443 g/mol. The van der Waals surface area contributed by atoms with Crippen LogP contribution in [0.5, 0.6) is 0 Å². The molecule has 0 saturated carbocycles. The Labute approximate surface area is 189 Å². The number of carbonyl (C=O) groups excluding carboxylic acids is 2. The number of hydrogen-bond acceptors (Lipinski definition) is 4. The predicted molar refractivity (Wildman–Crippen MR) is 126 cm³/mol. The quantitative estimate of drug-likeness (QED) is 0.433. The van der Waals surface area contributed by atoms with E-state index in [1.165, 1.54) is 0 Å². The number of fused-ring (bicyclic) bond motifs is 1. The van der Waals surface area contributed by atoms with Gasteiger partial charge in [0.25, 0.3) is 5.91 Å². The first-order valence-corrected chi connectivity index (χ1v) is 11.3. The highest BCUT2D eigenvalue weighted by Gasteiger charge is 2.21. The van der Waals surface area contributed by atoms with Crippen LogP contribution in [0.2, 0.25) is 0 Å². The summed E-state index contributed by atoms with van der Waals surface area (Å²) in [7, 11) is 0. The van der Waals surface area contributed by atoms with Crippen molar-refractivity contribution in [2.75, 3.05) is 23.3 Å². The maximum absolute atomic E-state index is 13.0. The Morgan fingerprint density at radius 1 is 1.09 bits per heavy atom. The van der Waals surface area contributed by atoms with E-state index in [9.17, 15) is 9.59 Å². The van der Waals surface area contributed by atoms with Gasteiger partial charge >= 0.3 is 6.03 Å². The van der Waals surface area contributed by atoms with Crippen LogP contribution in [-0.2, 0) is 5.75 Å². The zero-order chi connectivity index (χ0) is 21.9. The number of aromatic nitrogens is 2. The summed E-state index contributed by atoms with van der Waals surface area (Å²) in [6, 6.07) is 20.7. The van der Waals surface area contributed by atoms with Gasteiger partial charge in [0.15, 0.2) is 0 Å². The van der Waals surface area contributed by atoms with Crippen LogP contribution in [0.25, 0.3) is 5.65 Å². The van der Waals surface area contributed by atoms with Gasteiger partial charge in [-0.3, -0.25) is 9.69 Å². The zero-order valence-electron chi connectivity index (χ0n) is 17.2. The van der Waals surface area contributed by atoms with Crippen LogP contribution in [0, 0.1) is 0 Å². The van der Waals surface area contributed by atoms with Gasteiger partial charge in [-0.2, -0.15) is 0 Å². The third-order valence-corrected chi connectivity index (χ3v) is 6.30. The minimum Gasteiger partial charge on any atom is -0.336 e. The Morgan fingerprint density at radius 3 is 2.81 bits per heavy atom. The van der Waals surface area contributed by atoms with Gasteiger partial charge in [-0.05, 0) is 42.5 Å². The summed E-state index contributed by atoms with van der Waals surface area (Å²) in [4.78, 5) is 32.2. The van der Waals surface area contributed by atoms with Crippen LogP contribution >= 0.6 is 11.8 Å². The molecule has 0 radical (unpaired) electrons. The largest absolute Gasteiger partial charge is 0.336 e. The highest BCUT2D eigenvalue weighted by molar-refractivity contribution is 7.98. The molecule has 0 spiro atoms. The number of imidazole rings is 1. The molecule has 0 atom stereocenters. The van der Waals surface area contributed by atoms with E-state index in [0.717, 1.165) is 21.9 Å². The number of urea groups is 1. The molecule has 1 aliphatic heterocycles. The number of thioether (sulfide) groups is 1. The summed E-state index contributed by atoms with van der Waals surface area (Å²) in [5, 5.41) is 5.75. The Kier molecular flexibility index (Phi) is 5.51. The first-order chi connectivity index (χ1) is 15.7. The van der Waals surface area contributed by atoms with E-state index in [2.05, 4.69) is 15.6 Å². The number of carbonyl (C=O) groups is 2. The second-order valence-electron chi connectivity index (χ2n) is 7.37. The van der Waals surface area contributed by atoms with Crippen molar-refractivity contribution in [3.63, 3.8) is 0 Å². The van der Waals surface area contributed by atoms with Crippen molar-refractivity contribution in [3.8, 4) is 0 Å². The van der Waals surface area contributed by atoms with Gasteiger partial charge in [0.1, 0.15) is 5.65 Å². The highest BCUT2D eigenvalue weighted by atomic mass is 32.2. The molecule has 3 heterocycles. The molecule has 1 aliphatic rings. The number of benzene rings is 2. The topological polar surface area (TPSA) is 78.7 Å². The lowest BCUT2D eigenvalue weighted by Gasteiger charge is -2.16. The zero-order valence-corrected chi connectivity index (χ0v) is 18.0. The minimum absolute atomic E-state index is 0.123. The van der Waals surface area contributed by atoms with E-state index < -0.39 is 0 Å². The van der Waals surface area contributed by atoms with Crippen molar-refractivity contribution < 1.29 is 9.59 Å². The maximum atomic E-state index is 13.0. The normalized spacial score (nSPS) is 13.4. The Balaban J connectivity index is 1.31. The fourth-order valence-electron chi connectivity index (χ4n) is 3.66. The summed E-state index contributed by atoms with van der Waals surface area (Å²) in [6.45, 7) is 1.23. The second kappa shape index (κ2) is 8.76. The Morgan fingerprint density at radius 2 is 1.97 bits per heavy atom. The molecule has 2 aromatic carbocycles. The van der Waals surface area contributed by atoms with Gasteiger partial charge in [-0.25, -0.2) is 9.78 Å². The van der Waals surface area contributed by atoms with Crippen molar-refractivity contribution in [2.45, 2.75) is 10.6 Å². The number of pyridine rings is 1. The van der Waals surface area contributed by atoms with Gasteiger partial charge in [0.05, 0.1) is 11.3 Å². The fourth-order valence-corrected chi connectivity index (χ4v) is 4.59. The summed E-state index contributed by atoms with van der Waals surface area (Å²) in [5.41, 5.74) is 3.86. The molecule has 32 heavy (non-hydrogen) atoms. The first-order valence-electron chi connectivity index (χ1n) is 10.3. The van der Waals surface area contributed by atoms with Gasteiger partial charge in [0, 0.05) is 47.5 Å². The van der Waals surface area contributed by atoms with E-state index >= 15 is 0 Å². The van der Waals surface area contributed by atoms with E-state index in [1.54, 1.807) is 16.7 Å². The van der Waals surface area contributed by atoms with Crippen molar-refractivity contribution in [2.24, 2.45) is 0 Å². The van der Waals surface area contributed by atoms with Crippen LogP contribution in [0.3, 0.4) is 0 Å². The molecule has 160 valence electrons. The van der Waals surface area contributed by atoms with Gasteiger partial charge in [-0.1, -0.05) is 24.3 Å². The van der Waals surface area contributed by atoms with E-state index in [1.807, 2.05) is 83.5 Å². The molecule has 2 N–H and O–H groups in total. The molecule has 8 heteroatoms. The van der Waals surface area contributed by atoms with E-state index in [0.29, 0.717) is 30.1 Å². The summed E-state index contributed by atoms with van der Waals surface area (Å²) in [6.07, 6.45) is 3.98. The number of amides is 3. The number of nitrogens with zero attached hydrogens (tertiary/aromatic N) is 3.